The summed E-state index contributed by atoms with van der Waals surface area (Å²) in [5.41, 5.74) is 1.41. The molecule has 3 rings (SSSR count). The molecule has 2 aliphatic rings. The van der Waals surface area contributed by atoms with Crippen LogP contribution in [0.5, 0.6) is 0 Å². The Morgan fingerprint density at radius 3 is 2.72 bits per heavy atom. The van der Waals surface area contributed by atoms with Gasteiger partial charge in [-0.05, 0) is 50.3 Å². The molecule has 1 aromatic carbocycles. The van der Waals surface area contributed by atoms with E-state index in [4.69, 9.17) is 9.73 Å². The van der Waals surface area contributed by atoms with E-state index in [1.807, 2.05) is 0 Å². The van der Waals surface area contributed by atoms with Crippen molar-refractivity contribution in [2.75, 3.05) is 45.1 Å². The van der Waals surface area contributed by atoms with E-state index in [2.05, 4.69) is 64.6 Å². The molecule has 1 unspecified atom stereocenters. The second-order valence-corrected chi connectivity index (χ2v) is 9.38. The molecule has 162 valence electrons. The molecule has 5 nitrogen and oxygen atoms in total. The third-order valence-corrected chi connectivity index (χ3v) is 6.95. The first-order chi connectivity index (χ1) is 14.3. The number of piperidine rings is 1. The number of thioether (sulfide) groups is 1. The first kappa shape index (κ1) is 22.4. The minimum absolute atomic E-state index is 0.420. The zero-order valence-corrected chi connectivity index (χ0v) is 18.8. The largest absolute Gasteiger partial charge is 0.378 e. The summed E-state index contributed by atoms with van der Waals surface area (Å²) in [6, 6.07) is 10.8. The second kappa shape index (κ2) is 13.1. The molecule has 0 spiro atoms. The Balaban J connectivity index is 1.25. The predicted octanol–water partition coefficient (Wildman–Crippen LogP) is 3.51. The molecule has 6 heteroatoms. The number of likely N-dealkylation sites (tertiary alicyclic amines) is 1. The van der Waals surface area contributed by atoms with Crippen LogP contribution in [0.3, 0.4) is 0 Å². The number of guanidine groups is 1. The van der Waals surface area contributed by atoms with Crippen LogP contribution in [0.25, 0.3) is 0 Å². The van der Waals surface area contributed by atoms with Crippen molar-refractivity contribution in [2.24, 2.45) is 4.99 Å². The van der Waals surface area contributed by atoms with Crippen molar-refractivity contribution in [3.8, 4) is 0 Å². The zero-order chi connectivity index (χ0) is 20.2. The first-order valence-electron chi connectivity index (χ1n) is 11.3. The van der Waals surface area contributed by atoms with Crippen LogP contribution < -0.4 is 10.6 Å². The molecule has 0 saturated carbocycles. The van der Waals surface area contributed by atoms with Gasteiger partial charge in [-0.25, -0.2) is 0 Å². The van der Waals surface area contributed by atoms with E-state index in [1.54, 1.807) is 0 Å². The maximum Gasteiger partial charge on any atom is 0.191 e. The van der Waals surface area contributed by atoms with Crippen LogP contribution in [-0.2, 0) is 11.3 Å². The van der Waals surface area contributed by atoms with Gasteiger partial charge < -0.3 is 15.4 Å². The lowest BCUT2D eigenvalue weighted by molar-refractivity contribution is 0.00534. The molecule has 2 fully saturated rings. The average molecular weight is 419 g/mol. The van der Waals surface area contributed by atoms with Crippen LogP contribution >= 0.6 is 11.8 Å². The molecule has 0 bridgehead atoms. The molecule has 0 aromatic heterocycles. The van der Waals surface area contributed by atoms with Gasteiger partial charge in [0.05, 0.1) is 12.6 Å². The number of ether oxygens (including phenoxy) is 1. The maximum absolute atomic E-state index is 6.13. The third-order valence-electron chi connectivity index (χ3n) is 5.57. The van der Waals surface area contributed by atoms with Gasteiger partial charge in [-0.2, -0.15) is 11.8 Å². The van der Waals surface area contributed by atoms with E-state index in [-0.39, 0.29) is 0 Å². The molecule has 2 heterocycles. The van der Waals surface area contributed by atoms with E-state index < -0.39 is 0 Å². The van der Waals surface area contributed by atoms with Gasteiger partial charge in [0.1, 0.15) is 0 Å². The van der Waals surface area contributed by atoms with Crippen LogP contribution in [0.15, 0.2) is 35.3 Å². The van der Waals surface area contributed by atoms with Crippen molar-refractivity contribution < 1.29 is 4.74 Å². The summed E-state index contributed by atoms with van der Waals surface area (Å²) < 4.78 is 6.13. The SMILES string of the molecule is CCNC(=NCC1CCCS1)NCCCOC1CCN(Cc2ccccc2)CC1. The summed E-state index contributed by atoms with van der Waals surface area (Å²) >= 11 is 2.06. The molecule has 0 aliphatic carbocycles. The van der Waals surface area contributed by atoms with E-state index in [0.29, 0.717) is 11.4 Å². The number of hydrogen-bond donors (Lipinski definition) is 2. The molecule has 0 amide bonds. The Morgan fingerprint density at radius 1 is 1.17 bits per heavy atom. The topological polar surface area (TPSA) is 48.9 Å². The minimum Gasteiger partial charge on any atom is -0.378 e. The van der Waals surface area contributed by atoms with Crippen molar-refractivity contribution in [1.82, 2.24) is 15.5 Å². The number of nitrogens with one attached hydrogen (secondary N) is 2. The zero-order valence-electron chi connectivity index (χ0n) is 17.9. The highest BCUT2D eigenvalue weighted by Crippen LogP contribution is 2.26. The lowest BCUT2D eigenvalue weighted by Crippen LogP contribution is -2.39. The van der Waals surface area contributed by atoms with Gasteiger partial charge in [-0.1, -0.05) is 30.3 Å². The number of benzene rings is 1. The normalized spacial score (nSPS) is 21.4. The smallest absolute Gasteiger partial charge is 0.191 e. The number of nitrogens with zero attached hydrogens (tertiary/aromatic N) is 2. The Kier molecular flexibility index (Phi) is 10.2. The van der Waals surface area contributed by atoms with Crippen molar-refractivity contribution >= 4 is 17.7 Å². The molecule has 2 N–H and O–H groups in total. The lowest BCUT2D eigenvalue weighted by atomic mass is 10.1. The van der Waals surface area contributed by atoms with Gasteiger partial charge >= 0.3 is 0 Å². The summed E-state index contributed by atoms with van der Waals surface area (Å²) in [7, 11) is 0. The Bertz CT molecular complexity index is 584. The third kappa shape index (κ3) is 8.57. The van der Waals surface area contributed by atoms with Crippen LogP contribution in [0, 0.1) is 0 Å². The van der Waals surface area contributed by atoms with E-state index in [9.17, 15) is 0 Å². The molecular formula is C23H38N4OS. The quantitative estimate of drug-likeness (QED) is 0.346. The maximum atomic E-state index is 6.13. The van der Waals surface area contributed by atoms with E-state index in [1.165, 1.54) is 24.2 Å². The van der Waals surface area contributed by atoms with Gasteiger partial charge in [0.25, 0.3) is 0 Å². The highest BCUT2D eigenvalue weighted by molar-refractivity contribution is 8.00. The summed E-state index contributed by atoms with van der Waals surface area (Å²) in [6.45, 7) is 9.02. The average Bonchev–Trinajstić information content (AvgIpc) is 3.27. The predicted molar refractivity (Wildman–Crippen MR) is 125 cm³/mol. The van der Waals surface area contributed by atoms with Crippen LogP contribution in [0.4, 0.5) is 0 Å². The van der Waals surface area contributed by atoms with Crippen molar-refractivity contribution in [3.05, 3.63) is 35.9 Å². The summed E-state index contributed by atoms with van der Waals surface area (Å²) in [4.78, 5) is 7.29. The van der Waals surface area contributed by atoms with E-state index in [0.717, 1.165) is 71.1 Å². The standard InChI is InChI=1S/C23H38N4OS/c1-2-24-23(26-18-22-10-6-17-29-22)25-13-7-16-28-21-11-14-27(15-12-21)19-20-8-4-3-5-9-20/h3-5,8-9,21-22H,2,6-7,10-19H2,1H3,(H2,24,25,26). The Hall–Kier alpha value is -1.24. The highest BCUT2D eigenvalue weighted by Gasteiger charge is 2.19. The molecule has 1 atom stereocenters. The van der Waals surface area contributed by atoms with Gasteiger partial charge in [0.15, 0.2) is 5.96 Å². The first-order valence-corrected chi connectivity index (χ1v) is 12.4. The minimum atomic E-state index is 0.420. The van der Waals surface area contributed by atoms with Gasteiger partial charge in [-0.15, -0.1) is 0 Å². The van der Waals surface area contributed by atoms with Crippen molar-refractivity contribution in [3.63, 3.8) is 0 Å². The Labute approximate surface area is 181 Å². The van der Waals surface area contributed by atoms with Crippen LogP contribution in [0.1, 0.15) is 44.6 Å². The van der Waals surface area contributed by atoms with Gasteiger partial charge in [0, 0.05) is 44.6 Å². The second-order valence-electron chi connectivity index (χ2n) is 7.97. The molecular weight excluding hydrogens is 380 g/mol. The summed E-state index contributed by atoms with van der Waals surface area (Å²) in [5, 5.41) is 7.52. The van der Waals surface area contributed by atoms with E-state index >= 15 is 0 Å². The fourth-order valence-corrected chi connectivity index (χ4v) is 5.11. The molecule has 2 aliphatic heterocycles. The van der Waals surface area contributed by atoms with Crippen molar-refractivity contribution in [2.45, 2.75) is 56.9 Å². The number of aliphatic imine (C=N–C) groups is 1. The van der Waals surface area contributed by atoms with Gasteiger partial charge in [-0.3, -0.25) is 9.89 Å². The monoisotopic (exact) mass is 418 g/mol. The molecule has 1 aromatic rings. The lowest BCUT2D eigenvalue weighted by Gasteiger charge is -2.32. The summed E-state index contributed by atoms with van der Waals surface area (Å²) in [6.07, 6.45) is 6.38. The molecule has 0 radical (unpaired) electrons. The summed E-state index contributed by atoms with van der Waals surface area (Å²) in [5.74, 6) is 2.25. The molecule has 29 heavy (non-hydrogen) atoms. The van der Waals surface area contributed by atoms with Crippen LogP contribution in [-0.4, -0.2) is 67.3 Å². The van der Waals surface area contributed by atoms with Crippen molar-refractivity contribution in [1.29, 1.82) is 0 Å². The Morgan fingerprint density at radius 2 is 2.00 bits per heavy atom. The molecule has 2 saturated heterocycles. The number of rotatable bonds is 10. The fraction of sp³-hybridized carbons (Fsp3) is 0.696. The number of hydrogen-bond acceptors (Lipinski definition) is 4. The fourth-order valence-electron chi connectivity index (χ4n) is 3.93. The van der Waals surface area contributed by atoms with Gasteiger partial charge in [0.2, 0.25) is 0 Å². The van der Waals surface area contributed by atoms with Crippen LogP contribution in [0.2, 0.25) is 0 Å². The highest BCUT2D eigenvalue weighted by atomic mass is 32.2.